The number of amides is 2. The van der Waals surface area contributed by atoms with E-state index in [1.54, 1.807) is 29.0 Å². The van der Waals surface area contributed by atoms with Crippen LogP contribution in [0.4, 0.5) is 11.5 Å². The average molecular weight is 352 g/mol. The third-order valence-corrected chi connectivity index (χ3v) is 4.89. The molecule has 0 atom stereocenters. The monoisotopic (exact) mass is 352 g/mol. The number of anilines is 2. The van der Waals surface area contributed by atoms with E-state index in [0.717, 1.165) is 5.69 Å². The van der Waals surface area contributed by atoms with Crippen LogP contribution in [0, 0.1) is 13.8 Å². The molecule has 0 spiro atoms. The number of aromatic nitrogens is 1. The van der Waals surface area contributed by atoms with Crippen LogP contribution >= 0.6 is 0 Å². The van der Waals surface area contributed by atoms with Gasteiger partial charge in [0, 0.05) is 45.0 Å². The summed E-state index contributed by atoms with van der Waals surface area (Å²) in [5.74, 6) is 0.719. The van der Waals surface area contributed by atoms with Gasteiger partial charge in [-0.2, -0.15) is 0 Å². The van der Waals surface area contributed by atoms with E-state index in [1.165, 1.54) is 11.1 Å². The summed E-state index contributed by atoms with van der Waals surface area (Å²) in [5, 5.41) is 3.30. The molecular weight excluding hydrogens is 328 g/mol. The zero-order valence-corrected chi connectivity index (χ0v) is 15.5. The minimum absolute atomic E-state index is 0.0426. The van der Waals surface area contributed by atoms with Crippen molar-refractivity contribution in [3.63, 3.8) is 0 Å². The maximum Gasteiger partial charge on any atom is 0.255 e. The summed E-state index contributed by atoms with van der Waals surface area (Å²) in [5.41, 5.74) is 3.97. The summed E-state index contributed by atoms with van der Waals surface area (Å²) < 4.78 is 0. The molecule has 0 saturated carbocycles. The number of hydrogen-bond donors (Lipinski definition) is 1. The highest BCUT2D eigenvalue weighted by Gasteiger charge is 2.23. The van der Waals surface area contributed by atoms with Crippen molar-refractivity contribution < 1.29 is 9.59 Å². The van der Waals surface area contributed by atoms with Gasteiger partial charge in [-0.1, -0.05) is 12.1 Å². The van der Waals surface area contributed by atoms with Crippen molar-refractivity contribution in [3.8, 4) is 0 Å². The lowest BCUT2D eigenvalue weighted by Crippen LogP contribution is -2.50. The Labute approximate surface area is 153 Å². The Morgan fingerprint density at radius 1 is 1.00 bits per heavy atom. The molecule has 6 nitrogen and oxygen atoms in total. The number of nitrogens with one attached hydrogen (secondary N) is 1. The van der Waals surface area contributed by atoms with E-state index in [-0.39, 0.29) is 11.8 Å². The lowest BCUT2D eigenvalue weighted by molar-refractivity contribution is -0.130. The molecule has 6 heteroatoms. The van der Waals surface area contributed by atoms with Crippen LogP contribution in [0.1, 0.15) is 28.4 Å². The van der Waals surface area contributed by atoms with Crippen LogP contribution in [0.15, 0.2) is 36.5 Å². The molecular formula is C20H24N4O2. The van der Waals surface area contributed by atoms with Gasteiger partial charge in [0.05, 0.1) is 5.56 Å². The van der Waals surface area contributed by atoms with Crippen molar-refractivity contribution in [1.29, 1.82) is 0 Å². The van der Waals surface area contributed by atoms with Crippen molar-refractivity contribution in [2.24, 2.45) is 0 Å². The molecule has 1 fully saturated rings. The van der Waals surface area contributed by atoms with Crippen LogP contribution in [0.5, 0.6) is 0 Å². The maximum atomic E-state index is 12.6. The molecule has 0 unspecified atom stereocenters. The molecule has 1 saturated heterocycles. The lowest BCUT2D eigenvalue weighted by atomic mass is 10.1. The Morgan fingerprint density at radius 2 is 1.69 bits per heavy atom. The Hall–Kier alpha value is -2.89. The number of piperazine rings is 1. The molecule has 1 N–H and O–H groups in total. The molecule has 1 aliphatic rings. The second-order valence-corrected chi connectivity index (χ2v) is 6.60. The fourth-order valence-electron chi connectivity index (χ4n) is 3.03. The summed E-state index contributed by atoms with van der Waals surface area (Å²) in [7, 11) is 0. The zero-order chi connectivity index (χ0) is 18.7. The Morgan fingerprint density at radius 3 is 2.31 bits per heavy atom. The van der Waals surface area contributed by atoms with Gasteiger partial charge in [-0.25, -0.2) is 4.98 Å². The van der Waals surface area contributed by atoms with E-state index < -0.39 is 0 Å². The van der Waals surface area contributed by atoms with Crippen molar-refractivity contribution in [3.05, 3.63) is 53.2 Å². The van der Waals surface area contributed by atoms with Crippen LogP contribution < -0.4 is 5.32 Å². The van der Waals surface area contributed by atoms with Gasteiger partial charge in [-0.05, 0) is 43.2 Å². The third kappa shape index (κ3) is 3.85. The van der Waals surface area contributed by atoms with E-state index in [4.69, 9.17) is 0 Å². The Bertz CT molecular complexity index is 809. The number of benzene rings is 1. The standard InChI is InChI=1S/C20H24N4O2/c1-14-5-4-6-18(15(14)2)22-19-8-7-17(13-21-19)20(26)24-11-9-23(10-12-24)16(3)25/h4-8,13H,9-12H2,1-3H3,(H,21,22). The number of hydrogen-bond acceptors (Lipinski definition) is 4. The number of pyridine rings is 1. The summed E-state index contributed by atoms with van der Waals surface area (Å²) in [6, 6.07) is 9.70. The topological polar surface area (TPSA) is 65.5 Å². The second-order valence-electron chi connectivity index (χ2n) is 6.60. The molecule has 1 aliphatic heterocycles. The maximum absolute atomic E-state index is 12.6. The highest BCUT2D eigenvalue weighted by molar-refractivity contribution is 5.94. The molecule has 2 amide bonds. The number of carbonyl (C=O) groups is 2. The molecule has 1 aromatic heterocycles. The predicted molar refractivity (Wildman–Crippen MR) is 102 cm³/mol. The van der Waals surface area contributed by atoms with E-state index in [9.17, 15) is 9.59 Å². The van der Waals surface area contributed by atoms with E-state index in [2.05, 4.69) is 30.2 Å². The smallest absolute Gasteiger partial charge is 0.255 e. The predicted octanol–water partition coefficient (Wildman–Crippen LogP) is 2.75. The van der Waals surface area contributed by atoms with Gasteiger partial charge >= 0.3 is 0 Å². The first kappa shape index (κ1) is 17.9. The molecule has 0 aliphatic carbocycles. The normalized spacial score (nSPS) is 14.3. The van der Waals surface area contributed by atoms with Crippen LogP contribution in [-0.4, -0.2) is 52.8 Å². The first-order valence-corrected chi connectivity index (χ1v) is 8.80. The van der Waals surface area contributed by atoms with Gasteiger partial charge in [0.2, 0.25) is 5.91 Å². The van der Waals surface area contributed by atoms with Gasteiger partial charge in [0.25, 0.3) is 5.91 Å². The number of aryl methyl sites for hydroxylation is 1. The van der Waals surface area contributed by atoms with Crippen LogP contribution in [0.25, 0.3) is 0 Å². The van der Waals surface area contributed by atoms with E-state index in [1.807, 2.05) is 18.2 Å². The number of carbonyl (C=O) groups excluding carboxylic acids is 2. The Balaban J connectivity index is 1.65. The van der Waals surface area contributed by atoms with Gasteiger partial charge in [0.15, 0.2) is 0 Å². The molecule has 2 aromatic rings. The summed E-state index contributed by atoms with van der Waals surface area (Å²) in [6.45, 7) is 7.98. The average Bonchev–Trinajstić information content (AvgIpc) is 2.65. The lowest BCUT2D eigenvalue weighted by Gasteiger charge is -2.34. The summed E-state index contributed by atoms with van der Waals surface area (Å²) in [4.78, 5) is 31.9. The first-order valence-electron chi connectivity index (χ1n) is 8.80. The largest absolute Gasteiger partial charge is 0.340 e. The molecule has 0 radical (unpaired) electrons. The second kappa shape index (κ2) is 7.56. The molecule has 2 heterocycles. The van der Waals surface area contributed by atoms with Crippen LogP contribution in [0.3, 0.4) is 0 Å². The third-order valence-electron chi connectivity index (χ3n) is 4.89. The van der Waals surface area contributed by atoms with Crippen LogP contribution in [-0.2, 0) is 4.79 Å². The van der Waals surface area contributed by atoms with Gasteiger partial charge in [-0.15, -0.1) is 0 Å². The fourth-order valence-corrected chi connectivity index (χ4v) is 3.03. The minimum Gasteiger partial charge on any atom is -0.340 e. The van der Waals surface area contributed by atoms with Gasteiger partial charge < -0.3 is 15.1 Å². The van der Waals surface area contributed by atoms with Crippen molar-refractivity contribution >= 4 is 23.3 Å². The highest BCUT2D eigenvalue weighted by Crippen LogP contribution is 2.22. The number of rotatable bonds is 3. The highest BCUT2D eigenvalue weighted by atomic mass is 16.2. The first-order chi connectivity index (χ1) is 12.5. The fraction of sp³-hybridized carbons (Fsp3) is 0.350. The molecule has 136 valence electrons. The quantitative estimate of drug-likeness (QED) is 0.922. The van der Waals surface area contributed by atoms with Crippen molar-refractivity contribution in [2.75, 3.05) is 31.5 Å². The minimum atomic E-state index is -0.0426. The molecule has 3 rings (SSSR count). The van der Waals surface area contributed by atoms with Crippen LogP contribution in [0.2, 0.25) is 0 Å². The zero-order valence-electron chi connectivity index (χ0n) is 15.5. The Kier molecular flexibility index (Phi) is 5.21. The SMILES string of the molecule is CC(=O)N1CCN(C(=O)c2ccc(Nc3cccc(C)c3C)nc2)CC1. The van der Waals surface area contributed by atoms with Gasteiger partial charge in [-0.3, -0.25) is 9.59 Å². The van der Waals surface area contributed by atoms with E-state index >= 15 is 0 Å². The molecule has 1 aromatic carbocycles. The molecule has 0 bridgehead atoms. The number of nitrogens with zero attached hydrogens (tertiary/aromatic N) is 3. The van der Waals surface area contributed by atoms with E-state index in [0.29, 0.717) is 37.6 Å². The summed E-state index contributed by atoms with van der Waals surface area (Å²) >= 11 is 0. The van der Waals surface area contributed by atoms with Crippen molar-refractivity contribution in [2.45, 2.75) is 20.8 Å². The van der Waals surface area contributed by atoms with Gasteiger partial charge in [0.1, 0.15) is 5.82 Å². The molecule has 26 heavy (non-hydrogen) atoms. The summed E-state index contributed by atoms with van der Waals surface area (Å²) in [6.07, 6.45) is 1.60. The van der Waals surface area contributed by atoms with Crippen molar-refractivity contribution in [1.82, 2.24) is 14.8 Å².